The second kappa shape index (κ2) is 9.33. The Morgan fingerprint density at radius 3 is 2.44 bits per heavy atom. The molecule has 0 aliphatic heterocycles. The van der Waals surface area contributed by atoms with Crippen LogP contribution < -0.4 is 9.47 Å². The molecule has 25 heavy (non-hydrogen) atoms. The molecule has 1 amide bonds. The van der Waals surface area contributed by atoms with Gasteiger partial charge in [-0.3, -0.25) is 4.79 Å². The average Bonchev–Trinajstić information content (AvgIpc) is 2.62. The van der Waals surface area contributed by atoms with Gasteiger partial charge in [0, 0.05) is 25.0 Å². The van der Waals surface area contributed by atoms with E-state index in [0.29, 0.717) is 26.0 Å². The summed E-state index contributed by atoms with van der Waals surface area (Å²) in [7, 11) is 3.45. The molecule has 0 unspecified atom stereocenters. The second-order valence-corrected chi connectivity index (χ2v) is 6.37. The lowest BCUT2D eigenvalue weighted by molar-refractivity contribution is -0.130. The summed E-state index contributed by atoms with van der Waals surface area (Å²) in [6.45, 7) is 3.02. The minimum absolute atomic E-state index is 0.103. The van der Waals surface area contributed by atoms with Crippen molar-refractivity contribution in [2.45, 2.75) is 26.3 Å². The second-order valence-electron chi connectivity index (χ2n) is 5.96. The average molecular weight is 362 g/mol. The molecule has 5 heteroatoms. The number of rotatable bonds is 8. The van der Waals surface area contributed by atoms with Crippen LogP contribution in [0.4, 0.5) is 0 Å². The van der Waals surface area contributed by atoms with Crippen molar-refractivity contribution in [2.75, 3.05) is 20.8 Å². The van der Waals surface area contributed by atoms with E-state index in [2.05, 4.69) is 0 Å². The molecule has 0 atom stereocenters. The normalized spacial score (nSPS) is 10.4. The maximum atomic E-state index is 12.2. The number of halogens is 1. The molecule has 0 N–H and O–H groups in total. The van der Waals surface area contributed by atoms with E-state index in [-0.39, 0.29) is 5.91 Å². The number of carbonyl (C=O) groups excluding carboxylic acids is 1. The van der Waals surface area contributed by atoms with E-state index in [1.807, 2.05) is 56.4 Å². The number of nitrogens with zero attached hydrogens (tertiary/aromatic N) is 1. The van der Waals surface area contributed by atoms with Crippen LogP contribution in [0.3, 0.4) is 0 Å². The Labute approximate surface area is 154 Å². The molecule has 2 aromatic carbocycles. The number of hydrogen-bond donors (Lipinski definition) is 0. The zero-order chi connectivity index (χ0) is 18.2. The van der Waals surface area contributed by atoms with E-state index in [1.54, 1.807) is 12.0 Å². The van der Waals surface area contributed by atoms with Gasteiger partial charge in [0.05, 0.1) is 13.7 Å². The molecule has 2 rings (SSSR count). The van der Waals surface area contributed by atoms with Crippen LogP contribution in [0.25, 0.3) is 0 Å². The van der Waals surface area contributed by atoms with Crippen molar-refractivity contribution in [3.8, 4) is 11.5 Å². The number of carbonyl (C=O) groups is 1. The van der Waals surface area contributed by atoms with Gasteiger partial charge in [0.25, 0.3) is 0 Å². The molecule has 0 aromatic heterocycles. The van der Waals surface area contributed by atoms with Crippen molar-refractivity contribution < 1.29 is 14.3 Å². The molecule has 134 valence electrons. The summed E-state index contributed by atoms with van der Waals surface area (Å²) in [6.07, 6.45) is 1.13. The van der Waals surface area contributed by atoms with Crippen LogP contribution in [-0.2, 0) is 11.3 Å². The van der Waals surface area contributed by atoms with Gasteiger partial charge in [-0.25, -0.2) is 0 Å². The highest BCUT2D eigenvalue weighted by atomic mass is 35.5. The Morgan fingerprint density at radius 2 is 1.80 bits per heavy atom. The highest BCUT2D eigenvalue weighted by Crippen LogP contribution is 2.21. The summed E-state index contributed by atoms with van der Waals surface area (Å²) in [5.41, 5.74) is 2.05. The summed E-state index contributed by atoms with van der Waals surface area (Å²) in [5.74, 6) is 1.69. The largest absolute Gasteiger partial charge is 0.497 e. The van der Waals surface area contributed by atoms with Crippen LogP contribution in [-0.4, -0.2) is 31.6 Å². The molecule has 0 bridgehead atoms. The highest BCUT2D eigenvalue weighted by molar-refractivity contribution is 6.31. The smallest absolute Gasteiger partial charge is 0.222 e. The van der Waals surface area contributed by atoms with Crippen LogP contribution in [0.2, 0.25) is 5.02 Å². The number of benzene rings is 2. The van der Waals surface area contributed by atoms with Gasteiger partial charge < -0.3 is 14.4 Å². The topological polar surface area (TPSA) is 38.8 Å². The van der Waals surface area contributed by atoms with E-state index in [1.165, 1.54) is 0 Å². The molecular formula is C20H24ClNO3. The fourth-order valence-electron chi connectivity index (χ4n) is 2.40. The van der Waals surface area contributed by atoms with E-state index < -0.39 is 0 Å². The summed E-state index contributed by atoms with van der Waals surface area (Å²) in [5, 5.41) is 0.725. The van der Waals surface area contributed by atoms with E-state index in [4.69, 9.17) is 21.1 Å². The van der Waals surface area contributed by atoms with Crippen molar-refractivity contribution in [3.63, 3.8) is 0 Å². The fourth-order valence-corrected chi connectivity index (χ4v) is 2.52. The lowest BCUT2D eigenvalue weighted by Crippen LogP contribution is -2.26. The maximum Gasteiger partial charge on any atom is 0.222 e. The van der Waals surface area contributed by atoms with Crippen molar-refractivity contribution in [1.82, 2.24) is 4.90 Å². The summed E-state index contributed by atoms with van der Waals surface area (Å²) >= 11 is 5.99. The third kappa shape index (κ3) is 5.98. The first-order valence-electron chi connectivity index (χ1n) is 8.25. The highest BCUT2D eigenvalue weighted by Gasteiger charge is 2.09. The van der Waals surface area contributed by atoms with Crippen LogP contribution in [0.15, 0.2) is 42.5 Å². The summed E-state index contributed by atoms with van der Waals surface area (Å²) in [6, 6.07) is 13.3. The molecule has 0 heterocycles. The lowest BCUT2D eigenvalue weighted by Gasteiger charge is -2.17. The van der Waals surface area contributed by atoms with E-state index >= 15 is 0 Å². The van der Waals surface area contributed by atoms with Crippen LogP contribution in [0, 0.1) is 6.92 Å². The van der Waals surface area contributed by atoms with Gasteiger partial charge in [0.1, 0.15) is 11.5 Å². The van der Waals surface area contributed by atoms with Crippen molar-refractivity contribution >= 4 is 17.5 Å². The van der Waals surface area contributed by atoms with Gasteiger partial charge in [0.15, 0.2) is 0 Å². The first kappa shape index (κ1) is 19.1. The number of hydrogen-bond acceptors (Lipinski definition) is 3. The first-order valence-corrected chi connectivity index (χ1v) is 8.63. The molecule has 2 aromatic rings. The zero-order valence-electron chi connectivity index (χ0n) is 14.9. The molecule has 4 nitrogen and oxygen atoms in total. The van der Waals surface area contributed by atoms with Gasteiger partial charge in [0.2, 0.25) is 5.91 Å². The van der Waals surface area contributed by atoms with E-state index in [9.17, 15) is 4.79 Å². The quantitative estimate of drug-likeness (QED) is 0.651. The Balaban J connectivity index is 1.72. The summed E-state index contributed by atoms with van der Waals surface area (Å²) < 4.78 is 10.8. The van der Waals surface area contributed by atoms with Gasteiger partial charge >= 0.3 is 0 Å². The molecule has 0 radical (unpaired) electrons. The summed E-state index contributed by atoms with van der Waals surface area (Å²) in [4.78, 5) is 13.9. The Hall–Kier alpha value is -2.20. The SMILES string of the molecule is COc1ccc(CN(C)C(=O)CCCOc2ccc(Cl)c(C)c2)cc1. The van der Waals surface area contributed by atoms with Crippen LogP contribution in [0.1, 0.15) is 24.0 Å². The zero-order valence-corrected chi connectivity index (χ0v) is 15.7. The molecule has 0 spiro atoms. The third-order valence-corrected chi connectivity index (χ3v) is 4.36. The third-order valence-electron chi connectivity index (χ3n) is 3.94. The minimum atomic E-state index is 0.103. The number of amides is 1. The van der Waals surface area contributed by atoms with E-state index in [0.717, 1.165) is 27.6 Å². The van der Waals surface area contributed by atoms with Gasteiger partial charge in [-0.2, -0.15) is 0 Å². The number of ether oxygens (including phenoxy) is 2. The van der Waals surface area contributed by atoms with Gasteiger partial charge in [-0.1, -0.05) is 23.7 Å². The van der Waals surface area contributed by atoms with Crippen molar-refractivity contribution in [3.05, 3.63) is 58.6 Å². The number of aryl methyl sites for hydroxylation is 1. The van der Waals surface area contributed by atoms with Crippen LogP contribution in [0.5, 0.6) is 11.5 Å². The molecular weight excluding hydrogens is 338 g/mol. The lowest BCUT2D eigenvalue weighted by atomic mass is 10.2. The Bertz CT molecular complexity index is 701. The first-order chi connectivity index (χ1) is 12.0. The Morgan fingerprint density at radius 1 is 1.12 bits per heavy atom. The molecule has 0 aliphatic carbocycles. The molecule has 0 saturated carbocycles. The standard InChI is InChI=1S/C20H24ClNO3/c1-15-13-18(10-11-19(15)21)25-12-4-5-20(23)22(2)14-16-6-8-17(24-3)9-7-16/h6-11,13H,4-5,12,14H2,1-3H3. The van der Waals surface area contributed by atoms with Crippen molar-refractivity contribution in [1.29, 1.82) is 0 Å². The molecule has 0 fully saturated rings. The molecule has 0 aliphatic rings. The predicted molar refractivity (Wildman–Crippen MR) is 100 cm³/mol. The minimum Gasteiger partial charge on any atom is -0.497 e. The maximum absolute atomic E-state index is 12.2. The van der Waals surface area contributed by atoms with Crippen LogP contribution >= 0.6 is 11.6 Å². The molecule has 0 saturated heterocycles. The number of methoxy groups -OCH3 is 1. The van der Waals surface area contributed by atoms with Crippen molar-refractivity contribution in [2.24, 2.45) is 0 Å². The fraction of sp³-hybridized carbons (Fsp3) is 0.350. The Kier molecular flexibility index (Phi) is 7.14. The predicted octanol–water partition coefficient (Wildman–Crippen LogP) is 4.47. The van der Waals surface area contributed by atoms with Gasteiger partial charge in [-0.15, -0.1) is 0 Å². The monoisotopic (exact) mass is 361 g/mol. The van der Waals surface area contributed by atoms with Gasteiger partial charge in [-0.05, 0) is 54.8 Å².